The van der Waals surface area contributed by atoms with Gasteiger partial charge in [-0.25, -0.2) is 0 Å². The summed E-state index contributed by atoms with van der Waals surface area (Å²) in [5, 5.41) is 0. The van der Waals surface area contributed by atoms with E-state index in [1.54, 1.807) is 14.1 Å². The third-order valence-corrected chi connectivity index (χ3v) is 1.19. The summed E-state index contributed by atoms with van der Waals surface area (Å²) in [7, 11) is 3.54. The van der Waals surface area contributed by atoms with Crippen LogP contribution in [0.25, 0.3) is 0 Å². The Morgan fingerprint density at radius 1 is 0.800 bits per heavy atom. The van der Waals surface area contributed by atoms with Gasteiger partial charge in [0, 0.05) is 14.1 Å². The molecule has 0 aliphatic carbocycles. The van der Waals surface area contributed by atoms with Gasteiger partial charge in [0.25, 0.3) is 0 Å². The summed E-state index contributed by atoms with van der Waals surface area (Å²) in [5.41, 5.74) is 2.01. The third-order valence-electron chi connectivity index (χ3n) is 1.19. The molecule has 10 heavy (non-hydrogen) atoms. The van der Waals surface area contributed by atoms with Crippen LogP contribution in [0.1, 0.15) is 27.7 Å². The smallest absolute Gasteiger partial charge is 0.0520 e. The molecule has 0 N–H and O–H groups in total. The molecule has 0 unspecified atom stereocenters. The van der Waals surface area contributed by atoms with Crippen LogP contribution in [0.4, 0.5) is 0 Å². The van der Waals surface area contributed by atoms with Crippen molar-refractivity contribution in [2.45, 2.75) is 27.7 Å². The molecule has 0 amide bonds. The lowest BCUT2D eigenvalue weighted by molar-refractivity contribution is 1.40. The number of aliphatic imine (C=N–C) groups is 2. The van der Waals surface area contributed by atoms with E-state index in [1.165, 1.54) is 0 Å². The van der Waals surface area contributed by atoms with Crippen molar-refractivity contribution >= 4 is 11.4 Å². The van der Waals surface area contributed by atoms with Crippen molar-refractivity contribution in [3.8, 4) is 0 Å². The molecule has 0 aromatic carbocycles. The fourth-order valence-electron chi connectivity index (χ4n) is 0.324. The van der Waals surface area contributed by atoms with Crippen LogP contribution < -0.4 is 0 Å². The van der Waals surface area contributed by atoms with Crippen LogP contribution in [-0.2, 0) is 0 Å². The van der Waals surface area contributed by atoms with Gasteiger partial charge in [0.2, 0.25) is 0 Å². The molecule has 0 saturated carbocycles. The van der Waals surface area contributed by atoms with Gasteiger partial charge in [-0.3, -0.25) is 9.98 Å². The van der Waals surface area contributed by atoms with Gasteiger partial charge in [-0.2, -0.15) is 0 Å². The van der Waals surface area contributed by atoms with E-state index < -0.39 is 0 Å². The molecule has 0 aromatic heterocycles. The van der Waals surface area contributed by atoms with Crippen LogP contribution in [0.15, 0.2) is 9.98 Å². The predicted molar refractivity (Wildman–Crippen MR) is 49.4 cm³/mol. The Morgan fingerprint density at radius 2 is 1.00 bits per heavy atom. The Kier molecular flexibility index (Phi) is 10.1. The number of nitrogens with zero attached hydrogens (tertiary/aromatic N) is 2. The Labute approximate surface area is 64.1 Å². The van der Waals surface area contributed by atoms with Crippen LogP contribution in [0.3, 0.4) is 0 Å². The van der Waals surface area contributed by atoms with E-state index in [0.29, 0.717) is 0 Å². The molecule has 0 heterocycles. The van der Waals surface area contributed by atoms with Gasteiger partial charge in [-0.1, -0.05) is 13.8 Å². The average molecular weight is 142 g/mol. The number of hydrogen-bond donors (Lipinski definition) is 0. The summed E-state index contributed by atoms with van der Waals surface area (Å²) in [4.78, 5) is 7.89. The highest BCUT2D eigenvalue weighted by molar-refractivity contribution is 6.40. The Bertz CT molecular complexity index is 107. The van der Waals surface area contributed by atoms with Crippen molar-refractivity contribution in [1.82, 2.24) is 0 Å². The normalized spacial score (nSPS) is 12.2. The maximum absolute atomic E-state index is 3.95. The van der Waals surface area contributed by atoms with E-state index in [2.05, 4.69) is 9.98 Å². The van der Waals surface area contributed by atoms with Crippen molar-refractivity contribution in [2.75, 3.05) is 14.1 Å². The largest absolute Gasteiger partial charge is 0.292 e. The summed E-state index contributed by atoms with van der Waals surface area (Å²) < 4.78 is 0. The zero-order chi connectivity index (χ0) is 8.57. The second kappa shape index (κ2) is 8.34. The van der Waals surface area contributed by atoms with E-state index >= 15 is 0 Å². The Morgan fingerprint density at radius 3 is 1.10 bits per heavy atom. The first-order valence-electron chi connectivity index (χ1n) is 3.59. The standard InChI is InChI=1S/C6H12N2.C2H6/c1-5(7-3)6(2)8-4;1-2/h1-4H3;1-2H3. The van der Waals surface area contributed by atoms with Crippen LogP contribution in [0.2, 0.25) is 0 Å². The SMILES string of the molecule is CC.CN=C(C)C(C)=NC. The molecule has 0 rings (SSSR count). The summed E-state index contributed by atoms with van der Waals surface area (Å²) in [5.74, 6) is 0. The van der Waals surface area contributed by atoms with Gasteiger partial charge in [0.05, 0.1) is 11.4 Å². The zero-order valence-electron chi connectivity index (χ0n) is 7.89. The van der Waals surface area contributed by atoms with Gasteiger partial charge in [-0.15, -0.1) is 0 Å². The average Bonchev–Trinajstić information content (AvgIpc) is 2.05. The lowest BCUT2D eigenvalue weighted by atomic mass is 10.3. The van der Waals surface area contributed by atoms with Crippen molar-refractivity contribution in [2.24, 2.45) is 9.98 Å². The Balaban J connectivity index is 0. The lowest BCUT2D eigenvalue weighted by Crippen LogP contribution is -2.03. The first kappa shape index (κ1) is 12.1. The number of hydrogen-bond acceptors (Lipinski definition) is 2. The van der Waals surface area contributed by atoms with Crippen LogP contribution in [0, 0.1) is 0 Å². The van der Waals surface area contributed by atoms with Crippen molar-refractivity contribution < 1.29 is 0 Å². The molecule has 60 valence electrons. The van der Waals surface area contributed by atoms with Gasteiger partial charge in [0.1, 0.15) is 0 Å². The third kappa shape index (κ3) is 5.48. The summed E-state index contributed by atoms with van der Waals surface area (Å²) >= 11 is 0. The minimum atomic E-state index is 1.01. The van der Waals surface area contributed by atoms with Crippen molar-refractivity contribution in [1.29, 1.82) is 0 Å². The van der Waals surface area contributed by atoms with E-state index in [-0.39, 0.29) is 0 Å². The van der Waals surface area contributed by atoms with Crippen LogP contribution in [-0.4, -0.2) is 25.5 Å². The van der Waals surface area contributed by atoms with Gasteiger partial charge in [-0.05, 0) is 13.8 Å². The highest BCUT2D eigenvalue weighted by Crippen LogP contribution is 1.79. The highest BCUT2D eigenvalue weighted by atomic mass is 14.7. The lowest BCUT2D eigenvalue weighted by Gasteiger charge is -1.92. The molecule has 0 saturated heterocycles. The summed E-state index contributed by atoms with van der Waals surface area (Å²) in [6.45, 7) is 7.89. The van der Waals surface area contributed by atoms with Gasteiger partial charge >= 0.3 is 0 Å². The zero-order valence-corrected chi connectivity index (χ0v) is 7.89. The monoisotopic (exact) mass is 142 g/mol. The molecule has 2 heteroatoms. The first-order valence-corrected chi connectivity index (χ1v) is 3.59. The first-order chi connectivity index (χ1) is 4.72. The van der Waals surface area contributed by atoms with E-state index in [9.17, 15) is 0 Å². The molecule has 0 aromatic rings. The van der Waals surface area contributed by atoms with Crippen LogP contribution >= 0.6 is 0 Å². The van der Waals surface area contributed by atoms with Gasteiger partial charge in [0.15, 0.2) is 0 Å². The topological polar surface area (TPSA) is 24.7 Å². The fraction of sp³-hybridized carbons (Fsp3) is 0.750. The molecule has 0 aliphatic rings. The maximum Gasteiger partial charge on any atom is 0.0520 e. The van der Waals surface area contributed by atoms with Gasteiger partial charge < -0.3 is 0 Å². The molecule has 0 spiro atoms. The number of rotatable bonds is 1. The van der Waals surface area contributed by atoms with E-state index in [1.807, 2.05) is 27.7 Å². The summed E-state index contributed by atoms with van der Waals surface area (Å²) in [6, 6.07) is 0. The molecular formula is C8H18N2. The predicted octanol–water partition coefficient (Wildman–Crippen LogP) is 2.19. The molecule has 2 nitrogen and oxygen atoms in total. The molecule has 0 bridgehead atoms. The van der Waals surface area contributed by atoms with E-state index in [0.717, 1.165) is 11.4 Å². The van der Waals surface area contributed by atoms with Crippen molar-refractivity contribution in [3.05, 3.63) is 0 Å². The maximum atomic E-state index is 3.95. The second-order valence-corrected chi connectivity index (χ2v) is 1.62. The highest BCUT2D eigenvalue weighted by Gasteiger charge is 1.89. The Hall–Kier alpha value is -0.660. The van der Waals surface area contributed by atoms with Crippen LogP contribution in [0.5, 0.6) is 0 Å². The second-order valence-electron chi connectivity index (χ2n) is 1.62. The summed E-state index contributed by atoms with van der Waals surface area (Å²) in [6.07, 6.45) is 0. The molecule has 0 atom stereocenters. The molecule has 0 fully saturated rings. The van der Waals surface area contributed by atoms with E-state index in [4.69, 9.17) is 0 Å². The van der Waals surface area contributed by atoms with Crippen molar-refractivity contribution in [3.63, 3.8) is 0 Å². The molecule has 0 radical (unpaired) electrons. The quantitative estimate of drug-likeness (QED) is 0.501. The minimum Gasteiger partial charge on any atom is -0.292 e. The minimum absolute atomic E-state index is 1.01. The fourth-order valence-corrected chi connectivity index (χ4v) is 0.324. The molecule has 0 aliphatic heterocycles. The molecular weight excluding hydrogens is 124 g/mol.